The standard InChI is InChI=1S/C10H9ClN2OS/c1-5-4-6(11)2-3-7(5)8-9(14)13-10(15)12-8/h2-4,8H,1H3,(H2,12,13,14,15). The van der Waals surface area contributed by atoms with Gasteiger partial charge in [-0.25, -0.2) is 0 Å². The largest absolute Gasteiger partial charge is 0.347 e. The maximum atomic E-state index is 11.5. The highest BCUT2D eigenvalue weighted by Crippen LogP contribution is 2.23. The van der Waals surface area contributed by atoms with Crippen LogP contribution < -0.4 is 10.6 Å². The van der Waals surface area contributed by atoms with Gasteiger partial charge in [-0.1, -0.05) is 17.7 Å². The fourth-order valence-corrected chi connectivity index (χ4v) is 2.04. The number of rotatable bonds is 1. The van der Waals surface area contributed by atoms with Crippen molar-refractivity contribution in [3.05, 3.63) is 34.3 Å². The number of carbonyl (C=O) groups excluding carboxylic acids is 1. The third kappa shape index (κ3) is 1.96. The number of aryl methyl sites for hydroxylation is 1. The van der Waals surface area contributed by atoms with Crippen molar-refractivity contribution in [3.63, 3.8) is 0 Å². The van der Waals surface area contributed by atoms with Crippen molar-refractivity contribution in [1.29, 1.82) is 0 Å². The second-order valence-corrected chi connectivity index (χ2v) is 4.24. The predicted octanol–water partition coefficient (Wildman–Crippen LogP) is 1.69. The molecule has 1 fully saturated rings. The molecule has 1 atom stereocenters. The minimum atomic E-state index is -0.394. The molecule has 0 bridgehead atoms. The summed E-state index contributed by atoms with van der Waals surface area (Å²) in [6.07, 6.45) is 0. The molecular formula is C10H9ClN2OS. The quantitative estimate of drug-likeness (QED) is 0.734. The Morgan fingerprint density at radius 2 is 2.20 bits per heavy atom. The number of benzene rings is 1. The van der Waals surface area contributed by atoms with E-state index in [1.165, 1.54) is 0 Å². The third-order valence-electron chi connectivity index (χ3n) is 2.32. The minimum Gasteiger partial charge on any atom is -0.347 e. The van der Waals surface area contributed by atoms with Crippen molar-refractivity contribution in [2.24, 2.45) is 0 Å². The lowest BCUT2D eigenvalue weighted by atomic mass is 10.0. The molecule has 0 aromatic heterocycles. The summed E-state index contributed by atoms with van der Waals surface area (Å²) in [6, 6.07) is 5.03. The van der Waals surface area contributed by atoms with Crippen LogP contribution in [0.1, 0.15) is 17.2 Å². The molecule has 0 spiro atoms. The summed E-state index contributed by atoms with van der Waals surface area (Å²) < 4.78 is 0. The van der Waals surface area contributed by atoms with Gasteiger partial charge in [-0.05, 0) is 42.4 Å². The maximum absolute atomic E-state index is 11.5. The van der Waals surface area contributed by atoms with Crippen molar-refractivity contribution in [2.75, 3.05) is 0 Å². The fourth-order valence-electron chi connectivity index (χ4n) is 1.60. The van der Waals surface area contributed by atoms with Crippen LogP contribution in [0.15, 0.2) is 18.2 Å². The summed E-state index contributed by atoms with van der Waals surface area (Å²) in [6.45, 7) is 1.91. The van der Waals surface area contributed by atoms with E-state index in [4.69, 9.17) is 23.8 Å². The molecule has 78 valence electrons. The van der Waals surface area contributed by atoms with Crippen molar-refractivity contribution >= 4 is 34.8 Å². The van der Waals surface area contributed by atoms with Gasteiger partial charge in [-0.3, -0.25) is 4.79 Å². The van der Waals surface area contributed by atoms with E-state index in [-0.39, 0.29) is 5.91 Å². The van der Waals surface area contributed by atoms with Crippen molar-refractivity contribution < 1.29 is 4.79 Å². The van der Waals surface area contributed by atoms with Crippen LogP contribution >= 0.6 is 23.8 Å². The molecule has 1 amide bonds. The first-order chi connectivity index (χ1) is 7.08. The van der Waals surface area contributed by atoms with E-state index in [1.54, 1.807) is 6.07 Å². The summed E-state index contributed by atoms with van der Waals surface area (Å²) in [5, 5.41) is 6.50. The maximum Gasteiger partial charge on any atom is 0.253 e. The SMILES string of the molecule is Cc1cc(Cl)ccc1C1NC(=S)NC1=O. The van der Waals surface area contributed by atoms with Crippen molar-refractivity contribution in [1.82, 2.24) is 10.6 Å². The molecule has 2 rings (SSSR count). The highest BCUT2D eigenvalue weighted by Gasteiger charge is 2.29. The van der Waals surface area contributed by atoms with Crippen LogP contribution in [-0.2, 0) is 4.79 Å². The molecule has 0 saturated carbocycles. The highest BCUT2D eigenvalue weighted by molar-refractivity contribution is 7.80. The molecule has 1 unspecified atom stereocenters. The molecule has 0 radical (unpaired) electrons. The first-order valence-electron chi connectivity index (χ1n) is 4.45. The number of nitrogens with one attached hydrogen (secondary N) is 2. The average Bonchev–Trinajstić information content (AvgIpc) is 2.45. The van der Waals surface area contributed by atoms with Crippen LogP contribution in [0, 0.1) is 6.92 Å². The molecule has 1 aliphatic heterocycles. The topological polar surface area (TPSA) is 41.1 Å². The third-order valence-corrected chi connectivity index (χ3v) is 2.77. The summed E-state index contributed by atoms with van der Waals surface area (Å²) in [4.78, 5) is 11.5. The Hall–Kier alpha value is -1.13. The van der Waals surface area contributed by atoms with Crippen LogP contribution in [-0.4, -0.2) is 11.0 Å². The Balaban J connectivity index is 2.38. The molecule has 15 heavy (non-hydrogen) atoms. The number of amides is 1. The van der Waals surface area contributed by atoms with Crippen LogP contribution in [0.4, 0.5) is 0 Å². The molecule has 5 heteroatoms. The van der Waals surface area contributed by atoms with E-state index in [9.17, 15) is 4.79 Å². The lowest BCUT2D eigenvalue weighted by Gasteiger charge is -2.11. The Morgan fingerprint density at radius 1 is 1.47 bits per heavy atom. The molecule has 0 aliphatic carbocycles. The molecular weight excluding hydrogens is 232 g/mol. The number of hydrogen-bond acceptors (Lipinski definition) is 2. The van der Waals surface area contributed by atoms with E-state index in [1.807, 2.05) is 19.1 Å². The van der Waals surface area contributed by atoms with Crippen molar-refractivity contribution in [2.45, 2.75) is 13.0 Å². The molecule has 1 aliphatic rings. The summed E-state index contributed by atoms with van der Waals surface area (Å²) >= 11 is 10.7. The number of carbonyl (C=O) groups is 1. The lowest BCUT2D eigenvalue weighted by Crippen LogP contribution is -2.21. The molecule has 1 aromatic carbocycles. The van der Waals surface area contributed by atoms with Crippen molar-refractivity contribution in [3.8, 4) is 0 Å². The van der Waals surface area contributed by atoms with E-state index < -0.39 is 6.04 Å². The highest BCUT2D eigenvalue weighted by atomic mass is 35.5. The Morgan fingerprint density at radius 3 is 2.73 bits per heavy atom. The summed E-state index contributed by atoms with van der Waals surface area (Å²) in [7, 11) is 0. The normalized spacial score (nSPS) is 20.0. The van der Waals surface area contributed by atoms with Gasteiger partial charge in [-0.15, -0.1) is 0 Å². The van der Waals surface area contributed by atoms with Gasteiger partial charge in [0.2, 0.25) is 0 Å². The van der Waals surface area contributed by atoms with Gasteiger partial charge in [0.25, 0.3) is 5.91 Å². The molecule has 1 saturated heterocycles. The molecule has 2 N–H and O–H groups in total. The van der Waals surface area contributed by atoms with Crippen LogP contribution in [0.25, 0.3) is 0 Å². The zero-order valence-corrected chi connectivity index (χ0v) is 9.58. The smallest absolute Gasteiger partial charge is 0.253 e. The summed E-state index contributed by atoms with van der Waals surface area (Å²) in [5.74, 6) is -0.120. The average molecular weight is 241 g/mol. The monoisotopic (exact) mass is 240 g/mol. The number of halogens is 1. The molecule has 3 nitrogen and oxygen atoms in total. The zero-order chi connectivity index (χ0) is 11.0. The minimum absolute atomic E-state index is 0.120. The van der Waals surface area contributed by atoms with Crippen LogP contribution in [0.3, 0.4) is 0 Å². The second-order valence-electron chi connectivity index (χ2n) is 3.40. The van der Waals surface area contributed by atoms with E-state index in [2.05, 4.69) is 10.6 Å². The van der Waals surface area contributed by atoms with Gasteiger partial charge >= 0.3 is 0 Å². The Kier molecular flexibility index (Phi) is 2.63. The summed E-state index contributed by atoms with van der Waals surface area (Å²) in [5.41, 5.74) is 1.87. The Labute approximate surface area is 97.8 Å². The first-order valence-corrected chi connectivity index (χ1v) is 5.24. The van der Waals surface area contributed by atoms with Crippen LogP contribution in [0.5, 0.6) is 0 Å². The second kappa shape index (κ2) is 3.79. The number of thiocarbonyl (C=S) groups is 1. The van der Waals surface area contributed by atoms with E-state index in [0.29, 0.717) is 10.1 Å². The first kappa shape index (κ1) is 10.4. The fraction of sp³-hybridized carbons (Fsp3) is 0.200. The van der Waals surface area contributed by atoms with Gasteiger partial charge in [0.1, 0.15) is 6.04 Å². The van der Waals surface area contributed by atoms with Gasteiger partial charge in [0.05, 0.1) is 0 Å². The van der Waals surface area contributed by atoms with Gasteiger partial charge in [0.15, 0.2) is 5.11 Å². The molecule has 1 aromatic rings. The van der Waals surface area contributed by atoms with Gasteiger partial charge in [0, 0.05) is 5.02 Å². The van der Waals surface area contributed by atoms with Gasteiger partial charge in [-0.2, -0.15) is 0 Å². The van der Waals surface area contributed by atoms with Crippen LogP contribution in [0.2, 0.25) is 5.02 Å². The molecule has 1 heterocycles. The number of hydrogen-bond donors (Lipinski definition) is 2. The van der Waals surface area contributed by atoms with E-state index >= 15 is 0 Å². The van der Waals surface area contributed by atoms with Gasteiger partial charge < -0.3 is 10.6 Å². The Bertz CT molecular complexity index is 447. The van der Waals surface area contributed by atoms with E-state index in [0.717, 1.165) is 11.1 Å². The zero-order valence-electron chi connectivity index (χ0n) is 8.00. The predicted molar refractivity (Wildman–Crippen MR) is 62.8 cm³/mol. The lowest BCUT2D eigenvalue weighted by molar-refractivity contribution is -0.120.